The van der Waals surface area contributed by atoms with Crippen LogP contribution in [0.25, 0.3) is 0 Å². The summed E-state index contributed by atoms with van der Waals surface area (Å²) in [6.07, 6.45) is 0.889. The Kier molecular flexibility index (Phi) is 20.2. The molecule has 1 aromatic rings. The van der Waals surface area contributed by atoms with Gasteiger partial charge in [-0.3, -0.25) is 4.79 Å². The Morgan fingerprint density at radius 2 is 1.52 bits per heavy atom. The van der Waals surface area contributed by atoms with Gasteiger partial charge < -0.3 is 4.84 Å². The molecule has 0 spiro atoms. The van der Waals surface area contributed by atoms with Crippen LogP contribution in [-0.4, -0.2) is 16.9 Å². The fourth-order valence-electron chi connectivity index (χ4n) is 1.65. The number of amides is 1. The van der Waals surface area contributed by atoms with Gasteiger partial charge in [0.1, 0.15) is 0 Å². The maximum absolute atomic E-state index is 11.8. The van der Waals surface area contributed by atoms with Gasteiger partial charge in [0.05, 0.1) is 11.3 Å². The van der Waals surface area contributed by atoms with E-state index in [1.807, 2.05) is 68.4 Å². The minimum Gasteiger partial charge on any atom is -0.328 e. The lowest BCUT2D eigenvalue weighted by molar-refractivity contribution is -0.153. The molecule has 0 aromatic heterocycles. The van der Waals surface area contributed by atoms with E-state index >= 15 is 0 Å². The number of hydrogen-bond donors (Lipinski definition) is 0. The number of benzene rings is 1. The third kappa shape index (κ3) is 10.4. The summed E-state index contributed by atoms with van der Waals surface area (Å²) in [5, 5.41) is 0.991. The molecule has 1 fully saturated rings. The molecule has 144 valence electrons. The number of rotatable bonds is 2. The molecule has 1 aromatic carbocycles. The average molecular weight is 352 g/mol. The molecule has 1 aliphatic heterocycles. The zero-order chi connectivity index (χ0) is 20.4. The van der Waals surface area contributed by atoms with E-state index in [0.717, 1.165) is 10.6 Å². The number of aryl methyl sites for hydroxylation is 1. The topological polar surface area (TPSA) is 46.6 Å². The minimum atomic E-state index is -0.537. The molecule has 1 aliphatic rings. The Morgan fingerprint density at radius 3 is 1.92 bits per heavy atom. The summed E-state index contributed by atoms with van der Waals surface area (Å²) in [7, 11) is 0. The second-order valence-corrected chi connectivity index (χ2v) is 4.00. The Morgan fingerprint density at radius 1 is 1.00 bits per heavy atom. The highest BCUT2D eigenvalue weighted by Crippen LogP contribution is 2.21. The molecule has 0 unspecified atom stereocenters. The number of hydroxylamine groups is 2. The van der Waals surface area contributed by atoms with Crippen LogP contribution < -0.4 is 0 Å². The quantitative estimate of drug-likeness (QED) is 0.627. The zero-order valence-corrected chi connectivity index (χ0v) is 17.6. The Balaban J connectivity index is -0.000000533. The first-order valence-electron chi connectivity index (χ1n) is 9.37. The van der Waals surface area contributed by atoms with Crippen molar-refractivity contribution in [3.05, 3.63) is 47.7 Å². The van der Waals surface area contributed by atoms with E-state index in [-0.39, 0.29) is 5.91 Å². The Labute approximate surface area is 154 Å². The number of nitrogens with zero attached hydrogens (tertiary/aromatic N) is 1. The van der Waals surface area contributed by atoms with Gasteiger partial charge in [0.2, 0.25) is 0 Å². The largest absolute Gasteiger partial charge is 0.363 e. The molecule has 0 aliphatic carbocycles. The maximum atomic E-state index is 11.8. The fourth-order valence-corrected chi connectivity index (χ4v) is 1.65. The molecular formula is C21H37NO3. The van der Waals surface area contributed by atoms with Crippen molar-refractivity contribution in [1.82, 2.24) is 5.06 Å². The minimum absolute atomic E-state index is 0.226. The molecule has 0 N–H and O–H groups in total. The molecule has 1 saturated heterocycles. The van der Waals surface area contributed by atoms with Crippen LogP contribution in [0.1, 0.15) is 84.2 Å². The highest BCUT2D eigenvalue weighted by molar-refractivity contribution is 5.91. The maximum Gasteiger partial charge on any atom is 0.363 e. The second kappa shape index (κ2) is 18.2. The predicted molar refractivity (Wildman–Crippen MR) is 107 cm³/mol. The number of carbonyl (C=O) groups is 2. The van der Waals surface area contributed by atoms with Crippen molar-refractivity contribution >= 4 is 11.9 Å². The highest BCUT2D eigenvalue weighted by Gasteiger charge is 2.28. The molecule has 0 bridgehead atoms. The number of carbonyl (C=O) groups excluding carboxylic acids is 2. The Bertz CT molecular complexity index is 480. The van der Waals surface area contributed by atoms with Gasteiger partial charge in [-0.1, -0.05) is 79.7 Å². The average Bonchev–Trinajstić information content (AvgIpc) is 3.00. The summed E-state index contributed by atoms with van der Waals surface area (Å²) in [6.45, 7) is 21.6. The van der Waals surface area contributed by atoms with Crippen molar-refractivity contribution in [1.29, 1.82) is 0 Å². The standard InChI is InChI=1S/C13H13NO3.4C2H6/c1-9-4-3-5-11(8-9)13(16)17-14-10(2)6-7-12(14)15;4*1-2/h3-5,8H,2,6-7H2,1H3;4*1-2H3. The first-order valence-corrected chi connectivity index (χ1v) is 9.37. The van der Waals surface area contributed by atoms with Gasteiger partial charge in [0, 0.05) is 6.42 Å². The molecule has 4 heteroatoms. The first kappa shape index (κ1) is 27.7. The van der Waals surface area contributed by atoms with E-state index in [1.54, 1.807) is 18.2 Å². The summed E-state index contributed by atoms with van der Waals surface area (Å²) in [4.78, 5) is 28.2. The van der Waals surface area contributed by atoms with Crippen LogP contribution in [0.15, 0.2) is 36.5 Å². The second-order valence-electron chi connectivity index (χ2n) is 4.00. The summed E-state index contributed by atoms with van der Waals surface area (Å²) in [6, 6.07) is 7.02. The molecule has 0 atom stereocenters. The van der Waals surface area contributed by atoms with Crippen LogP contribution in [0.3, 0.4) is 0 Å². The predicted octanol–water partition coefficient (Wildman–Crippen LogP) is 6.31. The van der Waals surface area contributed by atoms with Crippen molar-refractivity contribution in [2.45, 2.75) is 75.2 Å². The smallest absolute Gasteiger partial charge is 0.328 e. The molecule has 0 radical (unpaired) electrons. The monoisotopic (exact) mass is 351 g/mol. The van der Waals surface area contributed by atoms with Crippen molar-refractivity contribution in [2.24, 2.45) is 0 Å². The molecule has 4 nitrogen and oxygen atoms in total. The van der Waals surface area contributed by atoms with Gasteiger partial charge >= 0.3 is 5.97 Å². The van der Waals surface area contributed by atoms with Crippen molar-refractivity contribution < 1.29 is 14.4 Å². The number of allylic oxidation sites excluding steroid dienone is 1. The van der Waals surface area contributed by atoms with Gasteiger partial charge in [-0.05, 0) is 25.5 Å². The first-order chi connectivity index (χ1) is 12.1. The third-order valence-corrected chi connectivity index (χ3v) is 2.57. The van der Waals surface area contributed by atoms with Crippen molar-refractivity contribution in [3.8, 4) is 0 Å². The van der Waals surface area contributed by atoms with E-state index in [9.17, 15) is 9.59 Å². The highest BCUT2D eigenvalue weighted by atomic mass is 16.7. The van der Waals surface area contributed by atoms with E-state index in [4.69, 9.17) is 4.84 Å². The van der Waals surface area contributed by atoms with Gasteiger partial charge in [-0.15, -0.1) is 5.06 Å². The van der Waals surface area contributed by atoms with E-state index < -0.39 is 5.97 Å². The fraction of sp³-hybridized carbons (Fsp3) is 0.524. The summed E-state index contributed by atoms with van der Waals surface area (Å²) >= 11 is 0. The normalized spacial score (nSPS) is 11.3. The van der Waals surface area contributed by atoms with Crippen LogP contribution in [0.2, 0.25) is 0 Å². The Hall–Kier alpha value is -2.10. The summed E-state index contributed by atoms with van der Waals surface area (Å²) in [5.74, 6) is -0.763. The summed E-state index contributed by atoms with van der Waals surface area (Å²) < 4.78 is 0. The van der Waals surface area contributed by atoms with E-state index in [2.05, 4.69) is 6.58 Å². The molecule has 2 rings (SSSR count). The molecule has 25 heavy (non-hydrogen) atoms. The molecule has 1 heterocycles. The third-order valence-electron chi connectivity index (χ3n) is 2.57. The molecule has 0 saturated carbocycles. The van der Waals surface area contributed by atoms with Crippen LogP contribution in [-0.2, 0) is 9.63 Å². The van der Waals surface area contributed by atoms with Crippen LogP contribution in [0, 0.1) is 6.92 Å². The van der Waals surface area contributed by atoms with Crippen molar-refractivity contribution in [3.63, 3.8) is 0 Å². The zero-order valence-electron chi connectivity index (χ0n) is 17.6. The van der Waals surface area contributed by atoms with E-state index in [0.29, 0.717) is 24.1 Å². The lowest BCUT2D eigenvalue weighted by atomic mass is 10.1. The molecule has 1 amide bonds. The van der Waals surface area contributed by atoms with E-state index in [1.165, 1.54) is 0 Å². The SMILES string of the molecule is C=C1CCC(=O)N1OC(=O)c1cccc(C)c1.CC.CC.CC.CC. The van der Waals surface area contributed by atoms with Gasteiger partial charge in [0.15, 0.2) is 0 Å². The van der Waals surface area contributed by atoms with Crippen molar-refractivity contribution in [2.75, 3.05) is 0 Å². The van der Waals surface area contributed by atoms with Crippen LogP contribution >= 0.6 is 0 Å². The van der Waals surface area contributed by atoms with Crippen LogP contribution in [0.5, 0.6) is 0 Å². The van der Waals surface area contributed by atoms with Gasteiger partial charge in [0.25, 0.3) is 5.91 Å². The lowest BCUT2D eigenvalue weighted by Crippen LogP contribution is -2.26. The lowest BCUT2D eigenvalue weighted by Gasteiger charge is -2.15. The van der Waals surface area contributed by atoms with Gasteiger partial charge in [-0.25, -0.2) is 4.79 Å². The van der Waals surface area contributed by atoms with Gasteiger partial charge in [-0.2, -0.15) is 0 Å². The van der Waals surface area contributed by atoms with Crippen LogP contribution in [0.4, 0.5) is 0 Å². The summed E-state index contributed by atoms with van der Waals surface area (Å²) in [5.41, 5.74) is 1.92. The molecular weight excluding hydrogens is 314 g/mol. The number of hydrogen-bond acceptors (Lipinski definition) is 3.